The summed E-state index contributed by atoms with van der Waals surface area (Å²) < 4.78 is 25.1. The van der Waals surface area contributed by atoms with Gasteiger partial charge in [-0.3, -0.25) is 4.79 Å². The second kappa shape index (κ2) is 7.20. The SMILES string of the molecule is CC(NC(=O)C1(S(C)(=O)=O)CCNCC1)c1cccc(-n2cccn2)c1. The molecule has 1 atom stereocenters. The van der Waals surface area contributed by atoms with E-state index in [4.69, 9.17) is 0 Å². The van der Waals surface area contributed by atoms with Gasteiger partial charge in [0.15, 0.2) is 14.6 Å². The van der Waals surface area contributed by atoms with Crippen molar-refractivity contribution in [2.45, 2.75) is 30.6 Å². The zero-order valence-corrected chi connectivity index (χ0v) is 15.8. The number of amides is 1. The number of carbonyl (C=O) groups is 1. The molecule has 1 aliphatic rings. The summed E-state index contributed by atoms with van der Waals surface area (Å²) in [4.78, 5) is 12.9. The molecule has 1 fully saturated rings. The van der Waals surface area contributed by atoms with Crippen molar-refractivity contribution in [3.63, 3.8) is 0 Å². The minimum atomic E-state index is -3.52. The molecule has 0 saturated carbocycles. The van der Waals surface area contributed by atoms with Gasteiger partial charge >= 0.3 is 0 Å². The Morgan fingerprint density at radius 1 is 1.31 bits per heavy atom. The molecular formula is C18H24N4O3S. The molecule has 26 heavy (non-hydrogen) atoms. The summed E-state index contributed by atoms with van der Waals surface area (Å²) in [6.45, 7) is 2.89. The van der Waals surface area contributed by atoms with Crippen LogP contribution in [0.3, 0.4) is 0 Å². The maximum Gasteiger partial charge on any atom is 0.242 e. The van der Waals surface area contributed by atoms with E-state index in [-0.39, 0.29) is 18.9 Å². The molecule has 1 unspecified atom stereocenters. The van der Waals surface area contributed by atoms with Gasteiger partial charge in [0.2, 0.25) is 5.91 Å². The molecule has 2 N–H and O–H groups in total. The smallest absolute Gasteiger partial charge is 0.242 e. The minimum absolute atomic E-state index is 0.289. The van der Waals surface area contributed by atoms with E-state index in [0.717, 1.165) is 17.5 Å². The molecule has 1 aliphatic heterocycles. The van der Waals surface area contributed by atoms with Crippen molar-refractivity contribution in [3.05, 3.63) is 48.3 Å². The molecule has 0 spiro atoms. The molecule has 1 saturated heterocycles. The summed E-state index contributed by atoms with van der Waals surface area (Å²) in [5, 5.41) is 10.2. The average Bonchev–Trinajstić information content (AvgIpc) is 3.16. The van der Waals surface area contributed by atoms with Crippen molar-refractivity contribution in [2.24, 2.45) is 0 Å². The van der Waals surface area contributed by atoms with E-state index in [0.29, 0.717) is 13.1 Å². The summed E-state index contributed by atoms with van der Waals surface area (Å²) in [6, 6.07) is 9.19. The van der Waals surface area contributed by atoms with Crippen LogP contribution in [0.1, 0.15) is 31.4 Å². The summed E-state index contributed by atoms with van der Waals surface area (Å²) in [5.41, 5.74) is 1.78. The Hall–Kier alpha value is -2.19. The fourth-order valence-corrected chi connectivity index (χ4v) is 4.71. The molecule has 0 aliphatic carbocycles. The highest BCUT2D eigenvalue weighted by Gasteiger charge is 2.48. The van der Waals surface area contributed by atoms with Gasteiger partial charge in [0.1, 0.15) is 0 Å². The quantitative estimate of drug-likeness (QED) is 0.818. The Morgan fingerprint density at radius 3 is 2.65 bits per heavy atom. The van der Waals surface area contributed by atoms with Crippen LogP contribution >= 0.6 is 0 Å². The Bertz CT molecular complexity index is 872. The average molecular weight is 376 g/mol. The van der Waals surface area contributed by atoms with E-state index in [9.17, 15) is 13.2 Å². The van der Waals surface area contributed by atoms with Gasteiger partial charge in [-0.05, 0) is 56.6 Å². The monoisotopic (exact) mass is 376 g/mol. The summed E-state index contributed by atoms with van der Waals surface area (Å²) in [7, 11) is -3.52. The highest BCUT2D eigenvalue weighted by atomic mass is 32.2. The number of benzene rings is 1. The Kier molecular flexibility index (Phi) is 5.15. The predicted molar refractivity (Wildman–Crippen MR) is 99.8 cm³/mol. The number of aromatic nitrogens is 2. The molecule has 0 bridgehead atoms. The lowest BCUT2D eigenvalue weighted by Crippen LogP contribution is -2.57. The first-order valence-corrected chi connectivity index (χ1v) is 10.5. The first-order chi connectivity index (χ1) is 12.3. The number of nitrogens with one attached hydrogen (secondary N) is 2. The number of nitrogens with zero attached hydrogens (tertiary/aromatic N) is 2. The molecule has 1 aromatic heterocycles. The summed E-state index contributed by atoms with van der Waals surface area (Å²) >= 11 is 0. The molecule has 0 radical (unpaired) electrons. The van der Waals surface area contributed by atoms with Gasteiger partial charge in [-0.25, -0.2) is 13.1 Å². The van der Waals surface area contributed by atoms with Crippen LogP contribution in [-0.2, 0) is 14.6 Å². The molecular weight excluding hydrogens is 352 g/mol. The van der Waals surface area contributed by atoms with E-state index in [1.807, 2.05) is 43.5 Å². The number of piperidine rings is 1. The van der Waals surface area contributed by atoms with Crippen molar-refractivity contribution >= 4 is 15.7 Å². The zero-order valence-electron chi connectivity index (χ0n) is 15.0. The Labute approximate surface area is 153 Å². The molecule has 2 aromatic rings. The van der Waals surface area contributed by atoms with Crippen LogP contribution < -0.4 is 10.6 Å². The van der Waals surface area contributed by atoms with Gasteiger partial charge in [-0.2, -0.15) is 5.10 Å². The highest BCUT2D eigenvalue weighted by molar-refractivity contribution is 7.92. The Morgan fingerprint density at radius 2 is 2.04 bits per heavy atom. The third kappa shape index (κ3) is 3.52. The lowest BCUT2D eigenvalue weighted by molar-refractivity contribution is -0.125. The highest BCUT2D eigenvalue weighted by Crippen LogP contribution is 2.29. The minimum Gasteiger partial charge on any atom is -0.348 e. The molecule has 8 heteroatoms. The van der Waals surface area contributed by atoms with E-state index in [1.54, 1.807) is 10.9 Å². The van der Waals surface area contributed by atoms with Crippen LogP contribution in [0.15, 0.2) is 42.7 Å². The van der Waals surface area contributed by atoms with Crippen LogP contribution in [0, 0.1) is 0 Å². The van der Waals surface area contributed by atoms with Crippen LogP contribution in [0.2, 0.25) is 0 Å². The fourth-order valence-electron chi connectivity index (χ4n) is 3.37. The van der Waals surface area contributed by atoms with E-state index >= 15 is 0 Å². The van der Waals surface area contributed by atoms with Crippen molar-refractivity contribution in [2.75, 3.05) is 19.3 Å². The zero-order chi connectivity index (χ0) is 18.8. The number of hydrogen-bond acceptors (Lipinski definition) is 5. The first kappa shape index (κ1) is 18.6. The van der Waals surface area contributed by atoms with Gasteiger partial charge in [0, 0.05) is 18.6 Å². The van der Waals surface area contributed by atoms with Crippen LogP contribution in [-0.4, -0.2) is 48.2 Å². The molecule has 2 heterocycles. The van der Waals surface area contributed by atoms with Crippen molar-refractivity contribution in [3.8, 4) is 5.69 Å². The van der Waals surface area contributed by atoms with E-state index in [1.165, 1.54) is 0 Å². The topological polar surface area (TPSA) is 93.1 Å². The van der Waals surface area contributed by atoms with Crippen molar-refractivity contribution < 1.29 is 13.2 Å². The number of rotatable bonds is 5. The molecule has 7 nitrogen and oxygen atoms in total. The summed E-state index contributed by atoms with van der Waals surface area (Å²) in [5.74, 6) is -0.418. The number of carbonyl (C=O) groups excluding carboxylic acids is 1. The van der Waals surface area contributed by atoms with Crippen LogP contribution in [0.4, 0.5) is 0 Å². The number of hydrogen-bond donors (Lipinski definition) is 2. The predicted octanol–water partition coefficient (Wildman–Crippen LogP) is 1.22. The fraction of sp³-hybridized carbons (Fsp3) is 0.444. The normalized spacial score (nSPS) is 18.2. The second-order valence-corrected chi connectivity index (χ2v) is 9.08. The van der Waals surface area contributed by atoms with Gasteiger partial charge in [-0.15, -0.1) is 0 Å². The lowest BCUT2D eigenvalue weighted by atomic mass is 9.95. The van der Waals surface area contributed by atoms with Crippen LogP contribution in [0.5, 0.6) is 0 Å². The standard InChI is InChI=1S/C18H24N4O3S/c1-14(15-5-3-6-16(13-15)22-12-4-9-20-22)21-17(23)18(26(2,24)25)7-10-19-11-8-18/h3-6,9,12-14,19H,7-8,10-11H2,1-2H3,(H,21,23). The van der Waals surface area contributed by atoms with Gasteiger partial charge < -0.3 is 10.6 Å². The molecule has 140 valence electrons. The Balaban J connectivity index is 1.82. The van der Waals surface area contributed by atoms with E-state index in [2.05, 4.69) is 15.7 Å². The third-order valence-electron chi connectivity index (χ3n) is 5.02. The van der Waals surface area contributed by atoms with Gasteiger partial charge in [-0.1, -0.05) is 12.1 Å². The summed E-state index contributed by atoms with van der Waals surface area (Å²) in [6.07, 6.45) is 5.28. The second-order valence-electron chi connectivity index (χ2n) is 6.76. The van der Waals surface area contributed by atoms with Crippen molar-refractivity contribution in [1.29, 1.82) is 0 Å². The lowest BCUT2D eigenvalue weighted by Gasteiger charge is -2.35. The third-order valence-corrected chi connectivity index (χ3v) is 7.03. The van der Waals surface area contributed by atoms with E-state index < -0.39 is 20.5 Å². The van der Waals surface area contributed by atoms with Crippen molar-refractivity contribution in [1.82, 2.24) is 20.4 Å². The maximum absolute atomic E-state index is 12.9. The first-order valence-electron chi connectivity index (χ1n) is 8.65. The largest absolute Gasteiger partial charge is 0.348 e. The van der Waals surface area contributed by atoms with Gasteiger partial charge in [0.25, 0.3) is 0 Å². The maximum atomic E-state index is 12.9. The number of sulfone groups is 1. The molecule has 1 amide bonds. The van der Waals surface area contributed by atoms with Crippen LogP contribution in [0.25, 0.3) is 5.69 Å². The van der Waals surface area contributed by atoms with Gasteiger partial charge in [0.05, 0.1) is 11.7 Å². The molecule has 1 aromatic carbocycles. The molecule has 3 rings (SSSR count).